The van der Waals surface area contributed by atoms with E-state index in [4.69, 9.17) is 23.2 Å². The Morgan fingerprint density at radius 1 is 1.21 bits per heavy atom. The zero-order chi connectivity index (χ0) is 21.0. The molecule has 0 radical (unpaired) electrons. The lowest BCUT2D eigenvalue weighted by molar-refractivity contribution is 0.497. The molecule has 1 aromatic carbocycles. The van der Waals surface area contributed by atoms with Crippen molar-refractivity contribution in [3.05, 3.63) is 50.1 Å². The summed E-state index contributed by atoms with van der Waals surface area (Å²) in [5.41, 5.74) is 1.32. The van der Waals surface area contributed by atoms with E-state index in [1.54, 1.807) is 37.6 Å². The summed E-state index contributed by atoms with van der Waals surface area (Å²) in [6, 6.07) is 2.76. The predicted octanol–water partition coefficient (Wildman–Crippen LogP) is 2.60. The SMILES string of the molecule is Cc1cc2c(cc1S(=O)(=O)N(C)C)nc(C(C)n1ncc(Cl)c(Cl)c1=O)n2C. The van der Waals surface area contributed by atoms with E-state index in [2.05, 4.69) is 10.1 Å². The Hall–Kier alpha value is -1.94. The second-order valence-electron chi connectivity index (χ2n) is 6.66. The molecule has 2 heterocycles. The summed E-state index contributed by atoms with van der Waals surface area (Å²) < 4.78 is 29.3. The number of hydrogen-bond donors (Lipinski definition) is 0. The number of hydrogen-bond acceptors (Lipinski definition) is 5. The number of halogens is 2. The third-order valence-corrected chi connectivity index (χ3v) is 7.32. The maximum absolute atomic E-state index is 12.6. The van der Waals surface area contributed by atoms with Crippen molar-refractivity contribution in [2.45, 2.75) is 24.8 Å². The summed E-state index contributed by atoms with van der Waals surface area (Å²) in [5, 5.41) is 4.02. The zero-order valence-electron chi connectivity index (χ0n) is 15.9. The number of fused-ring (bicyclic) bond motifs is 1. The van der Waals surface area contributed by atoms with Gasteiger partial charge in [0.15, 0.2) is 0 Å². The van der Waals surface area contributed by atoms with Gasteiger partial charge in [-0.2, -0.15) is 5.10 Å². The Labute approximate surface area is 172 Å². The lowest BCUT2D eigenvalue weighted by Crippen LogP contribution is -2.28. The van der Waals surface area contributed by atoms with E-state index in [-0.39, 0.29) is 14.9 Å². The van der Waals surface area contributed by atoms with Gasteiger partial charge in [0.2, 0.25) is 10.0 Å². The molecule has 3 aromatic rings. The first kappa shape index (κ1) is 20.8. The molecule has 1 atom stereocenters. The van der Waals surface area contributed by atoms with Crippen LogP contribution in [0.15, 0.2) is 28.0 Å². The van der Waals surface area contributed by atoms with Crippen LogP contribution in [0.5, 0.6) is 0 Å². The molecule has 8 nitrogen and oxygen atoms in total. The van der Waals surface area contributed by atoms with E-state index >= 15 is 0 Å². The summed E-state index contributed by atoms with van der Waals surface area (Å²) in [5.74, 6) is 0.529. The van der Waals surface area contributed by atoms with Crippen molar-refractivity contribution >= 4 is 44.3 Å². The van der Waals surface area contributed by atoms with Crippen LogP contribution in [0.4, 0.5) is 0 Å². The largest absolute Gasteiger partial charge is 0.329 e. The second-order valence-corrected chi connectivity index (χ2v) is 9.56. The van der Waals surface area contributed by atoms with E-state index < -0.39 is 21.6 Å². The average Bonchev–Trinajstić information content (AvgIpc) is 2.94. The van der Waals surface area contributed by atoms with Gasteiger partial charge in [-0.3, -0.25) is 4.79 Å². The standard InChI is InChI=1S/C17H19Cl2N5O3S/c1-9-6-13-12(7-14(9)28(26,27)22(3)4)21-16(23(13)5)10(2)24-17(25)15(19)11(18)8-20-24/h6-8,10H,1-5H3. The maximum atomic E-state index is 12.6. The summed E-state index contributed by atoms with van der Waals surface area (Å²) in [4.78, 5) is 17.2. The molecule has 2 aromatic heterocycles. The van der Waals surface area contributed by atoms with Gasteiger partial charge in [-0.25, -0.2) is 22.4 Å². The van der Waals surface area contributed by atoms with Gasteiger partial charge in [0.1, 0.15) is 16.9 Å². The second kappa shape index (κ2) is 7.14. The van der Waals surface area contributed by atoms with Gasteiger partial charge in [-0.05, 0) is 31.5 Å². The van der Waals surface area contributed by atoms with E-state index in [1.807, 2.05) is 0 Å². The van der Waals surface area contributed by atoms with Crippen LogP contribution in [0.1, 0.15) is 24.4 Å². The minimum Gasteiger partial charge on any atom is -0.329 e. The van der Waals surface area contributed by atoms with Crippen molar-refractivity contribution in [2.75, 3.05) is 14.1 Å². The van der Waals surface area contributed by atoms with Crippen LogP contribution in [0, 0.1) is 6.92 Å². The number of imidazole rings is 1. The van der Waals surface area contributed by atoms with Crippen LogP contribution in [-0.2, 0) is 17.1 Å². The Kier molecular flexibility index (Phi) is 5.30. The third kappa shape index (κ3) is 3.22. The van der Waals surface area contributed by atoms with E-state index in [0.717, 1.165) is 9.82 Å². The number of sulfonamides is 1. The quantitative estimate of drug-likeness (QED) is 0.617. The maximum Gasteiger partial charge on any atom is 0.287 e. The lowest BCUT2D eigenvalue weighted by atomic mass is 10.2. The Morgan fingerprint density at radius 3 is 2.46 bits per heavy atom. The molecular formula is C17H19Cl2N5O3S. The lowest BCUT2D eigenvalue weighted by Gasteiger charge is -2.14. The molecule has 150 valence electrons. The number of nitrogens with zero attached hydrogens (tertiary/aromatic N) is 5. The molecule has 11 heteroatoms. The Bertz CT molecular complexity index is 1250. The van der Waals surface area contributed by atoms with Gasteiger partial charge in [0.05, 0.1) is 27.1 Å². The topological polar surface area (TPSA) is 90.1 Å². The number of aryl methyl sites for hydroxylation is 2. The zero-order valence-corrected chi connectivity index (χ0v) is 18.3. The first-order valence-electron chi connectivity index (χ1n) is 8.29. The number of aromatic nitrogens is 4. The van der Waals surface area contributed by atoms with Crippen molar-refractivity contribution in [3.63, 3.8) is 0 Å². The summed E-state index contributed by atoms with van der Waals surface area (Å²) in [6.45, 7) is 3.49. The molecule has 0 N–H and O–H groups in total. The number of rotatable bonds is 4. The normalized spacial score (nSPS) is 13.4. The van der Waals surface area contributed by atoms with Gasteiger partial charge < -0.3 is 4.57 Å². The Balaban J connectivity index is 2.20. The molecule has 0 saturated heterocycles. The smallest absolute Gasteiger partial charge is 0.287 e. The van der Waals surface area contributed by atoms with Crippen LogP contribution >= 0.6 is 23.2 Å². The van der Waals surface area contributed by atoms with E-state index in [0.29, 0.717) is 16.9 Å². The molecule has 0 fully saturated rings. The van der Waals surface area contributed by atoms with Crippen LogP contribution in [-0.4, -0.2) is 46.1 Å². The average molecular weight is 444 g/mol. The van der Waals surface area contributed by atoms with E-state index in [9.17, 15) is 13.2 Å². The highest BCUT2D eigenvalue weighted by molar-refractivity contribution is 7.89. The molecule has 0 aliphatic carbocycles. The number of benzene rings is 1. The fourth-order valence-electron chi connectivity index (χ4n) is 3.00. The molecule has 3 rings (SSSR count). The predicted molar refractivity (Wildman–Crippen MR) is 109 cm³/mol. The highest BCUT2D eigenvalue weighted by Crippen LogP contribution is 2.28. The van der Waals surface area contributed by atoms with Gasteiger partial charge in [-0.1, -0.05) is 23.2 Å². The molecule has 28 heavy (non-hydrogen) atoms. The van der Waals surface area contributed by atoms with Gasteiger partial charge >= 0.3 is 0 Å². The molecule has 0 bridgehead atoms. The van der Waals surface area contributed by atoms with Crippen molar-refractivity contribution in [2.24, 2.45) is 7.05 Å². The third-order valence-electron chi connectivity index (χ3n) is 4.61. The summed E-state index contributed by atoms with van der Waals surface area (Å²) >= 11 is 11.8. The van der Waals surface area contributed by atoms with Crippen molar-refractivity contribution < 1.29 is 8.42 Å². The highest BCUT2D eigenvalue weighted by Gasteiger charge is 2.24. The molecular weight excluding hydrogens is 425 g/mol. The van der Waals surface area contributed by atoms with Crippen molar-refractivity contribution in [1.29, 1.82) is 0 Å². The van der Waals surface area contributed by atoms with Gasteiger partial charge in [0, 0.05) is 21.1 Å². The Morgan fingerprint density at radius 2 is 1.86 bits per heavy atom. The van der Waals surface area contributed by atoms with Crippen molar-refractivity contribution in [1.82, 2.24) is 23.6 Å². The van der Waals surface area contributed by atoms with Crippen LogP contribution in [0.3, 0.4) is 0 Å². The molecule has 0 amide bonds. The van der Waals surface area contributed by atoms with Crippen molar-refractivity contribution in [3.8, 4) is 0 Å². The van der Waals surface area contributed by atoms with E-state index in [1.165, 1.54) is 25.0 Å². The van der Waals surface area contributed by atoms with Gasteiger partial charge in [-0.15, -0.1) is 0 Å². The fourth-order valence-corrected chi connectivity index (χ4v) is 4.38. The minimum atomic E-state index is -3.61. The first-order valence-corrected chi connectivity index (χ1v) is 10.5. The monoisotopic (exact) mass is 443 g/mol. The van der Waals surface area contributed by atoms with Crippen LogP contribution in [0.25, 0.3) is 11.0 Å². The van der Waals surface area contributed by atoms with Gasteiger partial charge in [0.25, 0.3) is 5.56 Å². The summed E-state index contributed by atoms with van der Waals surface area (Å²) in [6.07, 6.45) is 1.30. The molecule has 0 spiro atoms. The van der Waals surface area contributed by atoms with Crippen LogP contribution < -0.4 is 5.56 Å². The summed E-state index contributed by atoms with van der Waals surface area (Å²) in [7, 11) is 1.15. The molecule has 0 aliphatic heterocycles. The molecule has 1 unspecified atom stereocenters. The minimum absolute atomic E-state index is 0.0780. The molecule has 0 saturated carbocycles. The van der Waals surface area contributed by atoms with Crippen LogP contribution in [0.2, 0.25) is 10.0 Å². The fraction of sp³-hybridized carbons (Fsp3) is 0.353. The highest BCUT2D eigenvalue weighted by atomic mass is 35.5. The first-order chi connectivity index (χ1) is 13.0. The molecule has 0 aliphatic rings.